The van der Waals surface area contributed by atoms with Gasteiger partial charge < -0.3 is 11.1 Å². The van der Waals surface area contributed by atoms with Crippen molar-refractivity contribution in [3.05, 3.63) is 70.2 Å². The summed E-state index contributed by atoms with van der Waals surface area (Å²) in [5.74, 6) is -0.239. The zero-order chi connectivity index (χ0) is 15.4. The van der Waals surface area contributed by atoms with E-state index in [0.717, 1.165) is 11.1 Å². The molecule has 21 heavy (non-hydrogen) atoms. The average molecular weight is 319 g/mol. The summed E-state index contributed by atoms with van der Waals surface area (Å²) in [6, 6.07) is 14.0. The van der Waals surface area contributed by atoms with Crippen molar-refractivity contribution in [2.24, 2.45) is 5.73 Å². The van der Waals surface area contributed by atoms with Gasteiger partial charge in [0.2, 0.25) is 0 Å². The van der Waals surface area contributed by atoms with Crippen LogP contribution in [0.25, 0.3) is 0 Å². The predicted octanol–water partition coefficient (Wildman–Crippen LogP) is 3.41. The SMILES string of the molecule is Cc1cc(C(=O)NC(C(N)=S)c2ccccc2)ccc1Cl. The van der Waals surface area contributed by atoms with E-state index in [-0.39, 0.29) is 10.9 Å². The third kappa shape index (κ3) is 3.80. The van der Waals surface area contributed by atoms with Gasteiger partial charge in [-0.1, -0.05) is 54.2 Å². The van der Waals surface area contributed by atoms with Crippen molar-refractivity contribution < 1.29 is 4.79 Å². The lowest BCUT2D eigenvalue weighted by atomic mass is 10.1. The van der Waals surface area contributed by atoms with Crippen molar-refractivity contribution in [3.8, 4) is 0 Å². The van der Waals surface area contributed by atoms with Gasteiger partial charge in [0.1, 0.15) is 11.0 Å². The molecule has 2 rings (SSSR count). The molecular formula is C16H15ClN2OS. The highest BCUT2D eigenvalue weighted by Crippen LogP contribution is 2.18. The summed E-state index contributed by atoms with van der Waals surface area (Å²) in [4.78, 5) is 12.5. The molecule has 108 valence electrons. The Morgan fingerprint density at radius 3 is 2.48 bits per heavy atom. The molecule has 2 aromatic rings. The lowest BCUT2D eigenvalue weighted by Gasteiger charge is -2.18. The molecule has 1 atom stereocenters. The number of hydrogen-bond donors (Lipinski definition) is 2. The number of amides is 1. The number of carbonyl (C=O) groups excluding carboxylic acids is 1. The highest BCUT2D eigenvalue weighted by atomic mass is 35.5. The summed E-state index contributed by atoms with van der Waals surface area (Å²) in [5, 5.41) is 3.47. The van der Waals surface area contributed by atoms with Crippen LogP contribution in [-0.2, 0) is 0 Å². The van der Waals surface area contributed by atoms with Crippen molar-refractivity contribution >= 4 is 34.7 Å². The van der Waals surface area contributed by atoms with Gasteiger partial charge in [0.25, 0.3) is 5.91 Å². The van der Waals surface area contributed by atoms with E-state index >= 15 is 0 Å². The molecule has 0 aliphatic carbocycles. The molecular weight excluding hydrogens is 304 g/mol. The van der Waals surface area contributed by atoms with Crippen molar-refractivity contribution in [3.63, 3.8) is 0 Å². The first kappa shape index (κ1) is 15.5. The topological polar surface area (TPSA) is 55.1 Å². The molecule has 3 nitrogen and oxygen atoms in total. The van der Waals surface area contributed by atoms with Crippen LogP contribution >= 0.6 is 23.8 Å². The first-order valence-electron chi connectivity index (χ1n) is 6.40. The van der Waals surface area contributed by atoms with E-state index in [2.05, 4.69) is 5.32 Å². The fraction of sp³-hybridized carbons (Fsp3) is 0.125. The smallest absolute Gasteiger partial charge is 0.252 e. The molecule has 0 aliphatic heterocycles. The average Bonchev–Trinajstić information content (AvgIpc) is 2.48. The molecule has 0 saturated carbocycles. The summed E-state index contributed by atoms with van der Waals surface area (Å²) in [6.45, 7) is 1.85. The van der Waals surface area contributed by atoms with Crippen LogP contribution in [-0.4, -0.2) is 10.9 Å². The zero-order valence-corrected chi connectivity index (χ0v) is 13.0. The summed E-state index contributed by atoms with van der Waals surface area (Å²) in [7, 11) is 0. The van der Waals surface area contributed by atoms with Crippen LogP contribution in [0.4, 0.5) is 0 Å². The van der Waals surface area contributed by atoms with Gasteiger partial charge in [-0.2, -0.15) is 0 Å². The quantitative estimate of drug-likeness (QED) is 0.849. The number of benzene rings is 2. The predicted molar refractivity (Wildman–Crippen MR) is 89.6 cm³/mol. The highest BCUT2D eigenvalue weighted by Gasteiger charge is 2.18. The van der Waals surface area contributed by atoms with E-state index < -0.39 is 6.04 Å². The lowest BCUT2D eigenvalue weighted by Crippen LogP contribution is -2.36. The number of nitrogens with one attached hydrogen (secondary N) is 1. The van der Waals surface area contributed by atoms with E-state index in [1.807, 2.05) is 37.3 Å². The molecule has 0 aliphatic rings. The number of halogens is 1. The number of nitrogens with two attached hydrogens (primary N) is 1. The Morgan fingerprint density at radius 2 is 1.90 bits per heavy atom. The van der Waals surface area contributed by atoms with Gasteiger partial charge in [-0.05, 0) is 36.2 Å². The van der Waals surface area contributed by atoms with E-state index in [1.54, 1.807) is 18.2 Å². The van der Waals surface area contributed by atoms with E-state index in [1.165, 1.54) is 0 Å². The maximum Gasteiger partial charge on any atom is 0.252 e. The minimum absolute atomic E-state index is 0.222. The minimum Gasteiger partial charge on any atom is -0.391 e. The Balaban J connectivity index is 2.23. The molecule has 1 amide bonds. The maximum atomic E-state index is 12.3. The highest BCUT2D eigenvalue weighted by molar-refractivity contribution is 7.80. The zero-order valence-electron chi connectivity index (χ0n) is 11.5. The van der Waals surface area contributed by atoms with E-state index in [4.69, 9.17) is 29.6 Å². The second-order valence-corrected chi connectivity index (χ2v) is 5.56. The van der Waals surface area contributed by atoms with Crippen LogP contribution < -0.4 is 11.1 Å². The van der Waals surface area contributed by atoms with Crippen LogP contribution in [0.5, 0.6) is 0 Å². The van der Waals surface area contributed by atoms with Crippen molar-refractivity contribution in [1.29, 1.82) is 0 Å². The Hall–Kier alpha value is -1.91. The Bertz CT molecular complexity index is 673. The van der Waals surface area contributed by atoms with Crippen molar-refractivity contribution in [2.45, 2.75) is 13.0 Å². The maximum absolute atomic E-state index is 12.3. The Labute approximate surface area is 134 Å². The Kier molecular flexibility index (Phi) is 4.94. The molecule has 1 unspecified atom stereocenters. The standard InChI is InChI=1S/C16H15ClN2OS/c1-10-9-12(7-8-13(10)17)16(20)19-14(15(18)21)11-5-3-2-4-6-11/h2-9,14H,1H3,(H2,18,21)(H,19,20). The van der Waals surface area contributed by atoms with Gasteiger partial charge in [0.05, 0.1) is 0 Å². The molecule has 5 heteroatoms. The van der Waals surface area contributed by atoms with Gasteiger partial charge in [-0.25, -0.2) is 0 Å². The summed E-state index contributed by atoms with van der Waals surface area (Å²) >= 11 is 11.0. The first-order valence-corrected chi connectivity index (χ1v) is 7.19. The van der Waals surface area contributed by atoms with Crippen LogP contribution in [0.15, 0.2) is 48.5 Å². The molecule has 0 saturated heterocycles. The van der Waals surface area contributed by atoms with Crippen LogP contribution in [0, 0.1) is 6.92 Å². The molecule has 0 bridgehead atoms. The molecule has 3 N–H and O–H groups in total. The molecule has 0 aromatic heterocycles. The second kappa shape index (κ2) is 6.70. The van der Waals surface area contributed by atoms with Gasteiger partial charge in [-0.15, -0.1) is 0 Å². The molecule has 0 spiro atoms. The second-order valence-electron chi connectivity index (χ2n) is 4.68. The Morgan fingerprint density at radius 1 is 1.24 bits per heavy atom. The van der Waals surface area contributed by atoms with E-state index in [9.17, 15) is 4.79 Å². The van der Waals surface area contributed by atoms with Gasteiger partial charge >= 0.3 is 0 Å². The molecule has 0 radical (unpaired) electrons. The largest absolute Gasteiger partial charge is 0.391 e. The van der Waals surface area contributed by atoms with Crippen LogP contribution in [0.2, 0.25) is 5.02 Å². The number of carbonyl (C=O) groups is 1. The number of aryl methyl sites for hydroxylation is 1. The fourth-order valence-electron chi connectivity index (χ4n) is 1.96. The van der Waals surface area contributed by atoms with Crippen molar-refractivity contribution in [1.82, 2.24) is 5.32 Å². The number of thiocarbonyl (C=S) groups is 1. The van der Waals surface area contributed by atoms with Crippen LogP contribution in [0.1, 0.15) is 27.5 Å². The summed E-state index contributed by atoms with van der Waals surface area (Å²) in [5.41, 5.74) is 7.96. The fourth-order valence-corrected chi connectivity index (χ4v) is 2.28. The number of hydrogen-bond acceptors (Lipinski definition) is 2. The number of rotatable bonds is 4. The first-order chi connectivity index (χ1) is 9.99. The monoisotopic (exact) mass is 318 g/mol. The van der Waals surface area contributed by atoms with Crippen molar-refractivity contribution in [2.75, 3.05) is 0 Å². The minimum atomic E-state index is -0.496. The van der Waals surface area contributed by atoms with Gasteiger partial charge in [-0.3, -0.25) is 4.79 Å². The van der Waals surface area contributed by atoms with Crippen LogP contribution in [0.3, 0.4) is 0 Å². The summed E-state index contributed by atoms with van der Waals surface area (Å²) in [6.07, 6.45) is 0. The third-order valence-corrected chi connectivity index (χ3v) is 3.77. The normalized spacial score (nSPS) is 11.7. The van der Waals surface area contributed by atoms with Gasteiger partial charge in [0.15, 0.2) is 0 Å². The molecule has 0 heterocycles. The van der Waals surface area contributed by atoms with E-state index in [0.29, 0.717) is 10.6 Å². The van der Waals surface area contributed by atoms with Gasteiger partial charge in [0, 0.05) is 10.6 Å². The third-order valence-electron chi connectivity index (χ3n) is 3.11. The lowest BCUT2D eigenvalue weighted by molar-refractivity contribution is 0.0947. The molecule has 2 aromatic carbocycles. The molecule has 0 fully saturated rings. The summed E-state index contributed by atoms with van der Waals surface area (Å²) < 4.78 is 0.